The summed E-state index contributed by atoms with van der Waals surface area (Å²) in [6.07, 6.45) is -3.17. The standard InChI is InChI=1S/C14H18F3NO2/c1-8(18)11-5-6-12(20-11)10-4-3-9(14(15,16)17)7-13(10)19-2/h3-4,7-8,11-12H,5-6,18H2,1-2H3/t8-,11-,12+/m0/s1. The van der Waals surface area contributed by atoms with Crippen LogP contribution in [0.15, 0.2) is 18.2 Å². The van der Waals surface area contributed by atoms with E-state index in [-0.39, 0.29) is 24.0 Å². The molecule has 20 heavy (non-hydrogen) atoms. The lowest BCUT2D eigenvalue weighted by molar-refractivity contribution is -0.137. The van der Waals surface area contributed by atoms with Crippen LogP contribution in [0, 0.1) is 0 Å². The Morgan fingerprint density at radius 2 is 2.05 bits per heavy atom. The highest BCUT2D eigenvalue weighted by atomic mass is 19.4. The maximum atomic E-state index is 12.7. The van der Waals surface area contributed by atoms with Crippen LogP contribution in [0.2, 0.25) is 0 Å². The largest absolute Gasteiger partial charge is 0.496 e. The van der Waals surface area contributed by atoms with Gasteiger partial charge in [0, 0.05) is 11.6 Å². The van der Waals surface area contributed by atoms with E-state index in [0.717, 1.165) is 25.0 Å². The molecule has 1 aliphatic heterocycles. The number of benzene rings is 1. The molecule has 1 aliphatic rings. The van der Waals surface area contributed by atoms with Gasteiger partial charge in [0.2, 0.25) is 0 Å². The summed E-state index contributed by atoms with van der Waals surface area (Å²) < 4.78 is 48.9. The molecule has 112 valence electrons. The van der Waals surface area contributed by atoms with Crippen molar-refractivity contribution in [3.05, 3.63) is 29.3 Å². The molecule has 3 nitrogen and oxygen atoms in total. The molecular formula is C14H18F3NO2. The number of alkyl halides is 3. The van der Waals surface area contributed by atoms with Gasteiger partial charge in [-0.3, -0.25) is 0 Å². The topological polar surface area (TPSA) is 44.5 Å². The van der Waals surface area contributed by atoms with Gasteiger partial charge in [0.05, 0.1) is 24.9 Å². The highest BCUT2D eigenvalue weighted by Crippen LogP contribution is 2.40. The van der Waals surface area contributed by atoms with Gasteiger partial charge in [0.15, 0.2) is 0 Å². The molecule has 2 N–H and O–H groups in total. The lowest BCUT2D eigenvalue weighted by Crippen LogP contribution is -2.30. The molecule has 1 heterocycles. The molecule has 1 saturated heterocycles. The number of nitrogens with two attached hydrogens (primary N) is 1. The van der Waals surface area contributed by atoms with Crippen molar-refractivity contribution >= 4 is 0 Å². The van der Waals surface area contributed by atoms with Crippen molar-refractivity contribution in [1.29, 1.82) is 0 Å². The Bertz CT molecular complexity index is 474. The van der Waals surface area contributed by atoms with Gasteiger partial charge in [0.1, 0.15) is 5.75 Å². The maximum Gasteiger partial charge on any atom is 0.416 e. The monoisotopic (exact) mass is 289 g/mol. The molecule has 2 rings (SSSR count). The summed E-state index contributed by atoms with van der Waals surface area (Å²) in [6, 6.07) is 3.40. The highest BCUT2D eigenvalue weighted by molar-refractivity contribution is 5.40. The van der Waals surface area contributed by atoms with Crippen molar-refractivity contribution in [2.75, 3.05) is 7.11 Å². The van der Waals surface area contributed by atoms with E-state index in [0.29, 0.717) is 5.56 Å². The summed E-state index contributed by atoms with van der Waals surface area (Å²) in [4.78, 5) is 0. The summed E-state index contributed by atoms with van der Waals surface area (Å²) in [7, 11) is 1.36. The van der Waals surface area contributed by atoms with Crippen LogP contribution in [0.5, 0.6) is 5.75 Å². The number of methoxy groups -OCH3 is 1. The van der Waals surface area contributed by atoms with Gasteiger partial charge in [0.25, 0.3) is 0 Å². The molecule has 0 spiro atoms. The fraction of sp³-hybridized carbons (Fsp3) is 0.571. The zero-order chi connectivity index (χ0) is 14.9. The first kappa shape index (κ1) is 15.1. The van der Waals surface area contributed by atoms with Gasteiger partial charge in [-0.2, -0.15) is 13.2 Å². The SMILES string of the molecule is COc1cc(C(F)(F)F)ccc1[C@H]1CC[C@@H]([C@H](C)N)O1. The van der Waals surface area contributed by atoms with Crippen molar-refractivity contribution < 1.29 is 22.6 Å². The van der Waals surface area contributed by atoms with Crippen LogP contribution in [0.4, 0.5) is 13.2 Å². The summed E-state index contributed by atoms with van der Waals surface area (Å²) in [6.45, 7) is 1.86. The fourth-order valence-electron chi connectivity index (χ4n) is 2.43. The van der Waals surface area contributed by atoms with Crippen molar-refractivity contribution in [2.45, 2.75) is 44.2 Å². The lowest BCUT2D eigenvalue weighted by atomic mass is 10.0. The first-order chi connectivity index (χ1) is 9.32. The van der Waals surface area contributed by atoms with Crippen molar-refractivity contribution in [3.8, 4) is 5.75 Å². The average molecular weight is 289 g/mol. The van der Waals surface area contributed by atoms with Gasteiger partial charge >= 0.3 is 6.18 Å². The number of rotatable bonds is 3. The Hall–Kier alpha value is -1.27. The zero-order valence-electron chi connectivity index (χ0n) is 11.4. The minimum Gasteiger partial charge on any atom is -0.496 e. The van der Waals surface area contributed by atoms with Gasteiger partial charge in [-0.25, -0.2) is 0 Å². The van der Waals surface area contributed by atoms with Crippen LogP contribution >= 0.6 is 0 Å². The van der Waals surface area contributed by atoms with E-state index in [4.69, 9.17) is 15.2 Å². The second kappa shape index (κ2) is 5.61. The molecule has 0 radical (unpaired) electrons. The number of hydrogen-bond acceptors (Lipinski definition) is 3. The summed E-state index contributed by atoms with van der Waals surface area (Å²) >= 11 is 0. The third kappa shape index (κ3) is 3.07. The molecule has 0 unspecified atom stereocenters. The van der Waals surface area contributed by atoms with Gasteiger partial charge in [-0.1, -0.05) is 6.07 Å². The fourth-order valence-corrected chi connectivity index (χ4v) is 2.43. The van der Waals surface area contributed by atoms with Crippen LogP contribution in [0.25, 0.3) is 0 Å². The van der Waals surface area contributed by atoms with E-state index in [1.165, 1.54) is 13.2 Å². The van der Waals surface area contributed by atoms with Crippen molar-refractivity contribution in [2.24, 2.45) is 5.73 Å². The molecule has 0 aromatic heterocycles. The molecule has 3 atom stereocenters. The molecule has 0 amide bonds. The average Bonchev–Trinajstić information content (AvgIpc) is 2.86. The molecule has 0 bridgehead atoms. The molecule has 1 aromatic carbocycles. The Morgan fingerprint density at radius 1 is 1.35 bits per heavy atom. The van der Waals surface area contributed by atoms with Gasteiger partial charge < -0.3 is 15.2 Å². The predicted molar refractivity (Wildman–Crippen MR) is 68.5 cm³/mol. The predicted octanol–water partition coefficient (Wildman–Crippen LogP) is 3.28. The Balaban J connectivity index is 2.25. The minimum absolute atomic E-state index is 0.0630. The molecule has 1 fully saturated rings. The van der Waals surface area contributed by atoms with Crippen molar-refractivity contribution in [3.63, 3.8) is 0 Å². The third-order valence-electron chi connectivity index (χ3n) is 3.55. The number of hydrogen-bond donors (Lipinski definition) is 1. The van der Waals surface area contributed by atoms with Gasteiger partial charge in [-0.05, 0) is 31.9 Å². The van der Waals surface area contributed by atoms with E-state index in [1.807, 2.05) is 6.92 Å². The van der Waals surface area contributed by atoms with E-state index in [9.17, 15) is 13.2 Å². The van der Waals surface area contributed by atoms with Crippen LogP contribution < -0.4 is 10.5 Å². The molecular weight excluding hydrogens is 271 g/mol. The summed E-state index contributed by atoms with van der Waals surface area (Å²) in [5.41, 5.74) is 5.70. The van der Waals surface area contributed by atoms with Crippen LogP contribution in [0.1, 0.15) is 37.0 Å². The molecule has 0 aliphatic carbocycles. The first-order valence-corrected chi connectivity index (χ1v) is 6.49. The lowest BCUT2D eigenvalue weighted by Gasteiger charge is -2.19. The number of halogens is 3. The smallest absolute Gasteiger partial charge is 0.416 e. The van der Waals surface area contributed by atoms with E-state index in [1.54, 1.807) is 0 Å². The van der Waals surface area contributed by atoms with Crippen LogP contribution in [-0.2, 0) is 10.9 Å². The summed E-state index contributed by atoms with van der Waals surface area (Å²) in [5, 5.41) is 0. The minimum atomic E-state index is -4.38. The zero-order valence-corrected chi connectivity index (χ0v) is 11.4. The van der Waals surface area contributed by atoms with Gasteiger partial charge in [-0.15, -0.1) is 0 Å². The Morgan fingerprint density at radius 3 is 2.55 bits per heavy atom. The van der Waals surface area contributed by atoms with E-state index >= 15 is 0 Å². The van der Waals surface area contributed by atoms with E-state index < -0.39 is 11.7 Å². The van der Waals surface area contributed by atoms with E-state index in [2.05, 4.69) is 0 Å². The van der Waals surface area contributed by atoms with Crippen LogP contribution in [0.3, 0.4) is 0 Å². The molecule has 0 saturated carbocycles. The summed E-state index contributed by atoms with van der Waals surface area (Å²) in [5.74, 6) is 0.204. The first-order valence-electron chi connectivity index (χ1n) is 6.49. The molecule has 1 aromatic rings. The van der Waals surface area contributed by atoms with Crippen LogP contribution in [-0.4, -0.2) is 19.3 Å². The third-order valence-corrected chi connectivity index (χ3v) is 3.55. The second-order valence-corrected chi connectivity index (χ2v) is 5.05. The quantitative estimate of drug-likeness (QED) is 0.928. The Kier molecular flexibility index (Phi) is 4.25. The highest BCUT2D eigenvalue weighted by Gasteiger charge is 2.34. The second-order valence-electron chi connectivity index (χ2n) is 5.05. The van der Waals surface area contributed by atoms with Crippen molar-refractivity contribution in [1.82, 2.24) is 0 Å². The maximum absolute atomic E-state index is 12.7. The Labute approximate surface area is 115 Å². The number of ether oxygens (including phenoxy) is 2. The normalized spacial score (nSPS) is 24.7. The molecule has 6 heteroatoms.